The van der Waals surface area contributed by atoms with Gasteiger partial charge in [0.25, 0.3) is 0 Å². The van der Waals surface area contributed by atoms with E-state index in [4.69, 9.17) is 4.74 Å². The zero-order valence-corrected chi connectivity index (χ0v) is 23.4. The third-order valence-corrected chi connectivity index (χ3v) is 14.1. The van der Waals surface area contributed by atoms with Crippen molar-refractivity contribution in [1.82, 2.24) is 5.32 Å². The molecule has 0 bridgehead atoms. The average molecular weight is 458 g/mol. The lowest BCUT2D eigenvalue weighted by atomic mass is 9.32. The van der Waals surface area contributed by atoms with E-state index < -0.39 is 0 Å². The van der Waals surface area contributed by atoms with Crippen LogP contribution in [-0.4, -0.2) is 26.8 Å². The van der Waals surface area contributed by atoms with Gasteiger partial charge in [-0.25, -0.2) is 0 Å². The summed E-state index contributed by atoms with van der Waals surface area (Å²) in [4.78, 5) is 0. The molecule has 0 aromatic heterocycles. The summed E-state index contributed by atoms with van der Waals surface area (Å²) in [5.74, 6) is 4.51. The maximum absolute atomic E-state index is 5.95. The Kier molecular flexibility index (Phi) is 5.94. The van der Waals surface area contributed by atoms with Crippen LogP contribution in [0.4, 0.5) is 0 Å². The molecule has 10 atom stereocenters. The Morgan fingerprint density at radius 1 is 0.788 bits per heavy atom. The molecule has 2 nitrogen and oxygen atoms in total. The SMILES string of the molecule is CC[C@@H]1CC[C@]2(COC)CC[C@]3(C)C(CCC4[C@@]5(C)CC[C@@H](NC)C(C)(C)C5CC[C@]43C)C12. The second-order valence-corrected chi connectivity index (χ2v) is 14.9. The summed E-state index contributed by atoms with van der Waals surface area (Å²) in [5, 5.41) is 3.72. The predicted molar refractivity (Wildman–Crippen MR) is 139 cm³/mol. The molecular formula is C31H55NO. The van der Waals surface area contributed by atoms with Gasteiger partial charge >= 0.3 is 0 Å². The van der Waals surface area contributed by atoms with Crippen molar-refractivity contribution >= 4 is 0 Å². The fourth-order valence-electron chi connectivity index (χ4n) is 12.4. The molecule has 1 N–H and O–H groups in total. The second kappa shape index (κ2) is 7.96. The Morgan fingerprint density at radius 2 is 1.55 bits per heavy atom. The van der Waals surface area contributed by atoms with Crippen molar-refractivity contribution in [3.63, 3.8) is 0 Å². The van der Waals surface area contributed by atoms with E-state index >= 15 is 0 Å². The molecule has 0 aromatic carbocycles. The third kappa shape index (κ3) is 3.04. The van der Waals surface area contributed by atoms with Gasteiger partial charge in [0.15, 0.2) is 0 Å². The molecule has 5 fully saturated rings. The van der Waals surface area contributed by atoms with Crippen molar-refractivity contribution < 1.29 is 4.74 Å². The van der Waals surface area contributed by atoms with Gasteiger partial charge in [0.05, 0.1) is 6.61 Å². The summed E-state index contributed by atoms with van der Waals surface area (Å²) in [5.41, 5.74) is 2.41. The Balaban J connectivity index is 1.52. The van der Waals surface area contributed by atoms with Crippen LogP contribution >= 0.6 is 0 Å². The molecule has 0 amide bonds. The number of nitrogens with one attached hydrogen (secondary N) is 1. The molecule has 190 valence electrons. The van der Waals surface area contributed by atoms with Crippen molar-refractivity contribution in [2.75, 3.05) is 20.8 Å². The van der Waals surface area contributed by atoms with Gasteiger partial charge in [-0.2, -0.15) is 0 Å². The highest BCUT2D eigenvalue weighted by Crippen LogP contribution is 2.77. The van der Waals surface area contributed by atoms with Gasteiger partial charge in [-0.05, 0) is 128 Å². The molecule has 0 aliphatic heterocycles. The van der Waals surface area contributed by atoms with Crippen LogP contribution in [0.1, 0.15) is 112 Å². The minimum Gasteiger partial charge on any atom is -0.384 e. The van der Waals surface area contributed by atoms with E-state index in [0.717, 1.165) is 36.2 Å². The molecule has 0 spiro atoms. The van der Waals surface area contributed by atoms with E-state index in [1.54, 1.807) is 0 Å². The molecule has 5 aliphatic carbocycles. The summed E-state index contributed by atoms with van der Waals surface area (Å²) in [7, 11) is 4.16. The van der Waals surface area contributed by atoms with Gasteiger partial charge in [-0.3, -0.25) is 0 Å². The van der Waals surface area contributed by atoms with E-state index in [9.17, 15) is 0 Å². The molecule has 0 radical (unpaired) electrons. The Bertz CT molecular complexity index is 747. The van der Waals surface area contributed by atoms with Crippen LogP contribution in [0, 0.1) is 56.7 Å². The Hall–Kier alpha value is -0.0800. The first-order valence-corrected chi connectivity index (χ1v) is 14.7. The van der Waals surface area contributed by atoms with Gasteiger partial charge in [0.1, 0.15) is 0 Å². The first-order chi connectivity index (χ1) is 15.5. The molecule has 0 aromatic rings. The van der Waals surface area contributed by atoms with Crippen molar-refractivity contribution in [1.29, 1.82) is 0 Å². The highest BCUT2D eigenvalue weighted by atomic mass is 16.5. The van der Waals surface area contributed by atoms with Crippen LogP contribution in [0.2, 0.25) is 0 Å². The van der Waals surface area contributed by atoms with Crippen LogP contribution in [0.25, 0.3) is 0 Å². The van der Waals surface area contributed by atoms with E-state index in [1.165, 1.54) is 70.6 Å². The molecule has 33 heavy (non-hydrogen) atoms. The summed E-state index contributed by atoms with van der Waals surface area (Å²) < 4.78 is 5.95. The zero-order chi connectivity index (χ0) is 23.9. The maximum Gasteiger partial charge on any atom is 0.0521 e. The van der Waals surface area contributed by atoms with Crippen LogP contribution in [0.15, 0.2) is 0 Å². The van der Waals surface area contributed by atoms with Crippen molar-refractivity contribution in [2.45, 2.75) is 118 Å². The third-order valence-electron chi connectivity index (χ3n) is 14.1. The fourth-order valence-corrected chi connectivity index (χ4v) is 12.4. The number of hydrogen-bond acceptors (Lipinski definition) is 2. The van der Waals surface area contributed by atoms with E-state index in [-0.39, 0.29) is 0 Å². The monoisotopic (exact) mass is 457 g/mol. The Labute approximate surface area is 205 Å². The highest BCUT2D eigenvalue weighted by Gasteiger charge is 2.70. The van der Waals surface area contributed by atoms with Gasteiger partial charge in [0, 0.05) is 13.2 Å². The average Bonchev–Trinajstić information content (AvgIpc) is 3.13. The van der Waals surface area contributed by atoms with Gasteiger partial charge in [0.2, 0.25) is 0 Å². The molecular weight excluding hydrogens is 402 g/mol. The number of ether oxygens (including phenoxy) is 1. The lowest BCUT2D eigenvalue weighted by molar-refractivity contribution is -0.242. The van der Waals surface area contributed by atoms with Gasteiger partial charge in [-0.1, -0.05) is 48.0 Å². The maximum atomic E-state index is 5.95. The Morgan fingerprint density at radius 3 is 2.21 bits per heavy atom. The molecule has 5 aliphatic rings. The largest absolute Gasteiger partial charge is 0.384 e. The number of hydrogen-bond donors (Lipinski definition) is 1. The van der Waals surface area contributed by atoms with Crippen molar-refractivity contribution in [3.05, 3.63) is 0 Å². The van der Waals surface area contributed by atoms with E-state index in [0.29, 0.717) is 33.1 Å². The summed E-state index contributed by atoms with van der Waals surface area (Å²) in [6.45, 7) is 17.0. The fraction of sp³-hybridized carbons (Fsp3) is 1.00. The second-order valence-electron chi connectivity index (χ2n) is 14.9. The van der Waals surface area contributed by atoms with Gasteiger partial charge in [-0.15, -0.1) is 0 Å². The van der Waals surface area contributed by atoms with Crippen LogP contribution < -0.4 is 5.32 Å². The minimum absolute atomic E-state index is 0.403. The van der Waals surface area contributed by atoms with Crippen molar-refractivity contribution in [2.24, 2.45) is 56.7 Å². The first kappa shape index (κ1) is 24.6. The van der Waals surface area contributed by atoms with Crippen LogP contribution in [-0.2, 0) is 4.74 Å². The molecule has 2 heteroatoms. The predicted octanol–water partition coefficient (Wildman–Crippen LogP) is 7.71. The number of fused-ring (bicyclic) bond motifs is 7. The van der Waals surface area contributed by atoms with Crippen molar-refractivity contribution in [3.8, 4) is 0 Å². The number of rotatable bonds is 4. The zero-order valence-electron chi connectivity index (χ0n) is 23.4. The smallest absolute Gasteiger partial charge is 0.0521 e. The van der Waals surface area contributed by atoms with Crippen LogP contribution in [0.5, 0.6) is 0 Å². The molecule has 5 saturated carbocycles. The van der Waals surface area contributed by atoms with E-state index in [1.807, 2.05) is 7.11 Å². The van der Waals surface area contributed by atoms with E-state index in [2.05, 4.69) is 53.9 Å². The standard InChI is InChI=1S/C31H55NO/c1-9-21-12-17-31(20-33-8)19-18-29(5)22(26(21)31)10-11-24-28(4)15-14-25(32-7)27(2,3)23(28)13-16-30(24,29)6/h21-26,32H,9-20H2,1-8H3/t21-,22?,23?,24?,25-,26?,28+,29-,30-,31-/m1/s1. The topological polar surface area (TPSA) is 21.3 Å². The lowest BCUT2D eigenvalue weighted by Gasteiger charge is -2.73. The van der Waals surface area contributed by atoms with Crippen LogP contribution in [0.3, 0.4) is 0 Å². The molecule has 4 unspecified atom stereocenters. The minimum atomic E-state index is 0.403. The normalized spacial score (nSPS) is 55.3. The molecule has 0 heterocycles. The lowest BCUT2D eigenvalue weighted by Crippen LogP contribution is -2.67. The summed E-state index contributed by atoms with van der Waals surface area (Å²) in [6.07, 6.45) is 15.8. The highest BCUT2D eigenvalue weighted by molar-refractivity contribution is 5.19. The first-order valence-electron chi connectivity index (χ1n) is 14.7. The van der Waals surface area contributed by atoms with Gasteiger partial charge < -0.3 is 10.1 Å². The number of methoxy groups -OCH3 is 1. The molecule has 5 rings (SSSR count). The summed E-state index contributed by atoms with van der Waals surface area (Å²) in [6, 6.07) is 0.681. The molecule has 0 saturated heterocycles. The summed E-state index contributed by atoms with van der Waals surface area (Å²) >= 11 is 0. The quantitative estimate of drug-likeness (QED) is 0.466.